The number of halogens is 3. The molecule has 0 saturated heterocycles. The van der Waals surface area contributed by atoms with Crippen molar-refractivity contribution >= 4 is 0 Å². The Bertz CT molecular complexity index is 298. The molecule has 0 unspecified atom stereocenters. The molecule has 1 heterocycles. The zero-order valence-corrected chi connectivity index (χ0v) is 8.05. The van der Waals surface area contributed by atoms with Gasteiger partial charge in [0.2, 0.25) is 5.89 Å². The fourth-order valence-corrected chi connectivity index (χ4v) is 1.06. The number of aryl methyl sites for hydroxylation is 1. The number of nitrogens with two attached hydrogens (primary N) is 1. The Kier molecular flexibility index (Phi) is 4.07. The van der Waals surface area contributed by atoms with E-state index in [1.165, 1.54) is 0 Å². The van der Waals surface area contributed by atoms with Crippen molar-refractivity contribution in [3.8, 4) is 0 Å². The number of hydrogen-bond acceptors (Lipinski definition) is 4. The maximum Gasteiger partial charge on any atom is 0.396 e. The lowest BCUT2D eigenvalue weighted by Crippen LogP contribution is -2.12. The van der Waals surface area contributed by atoms with Gasteiger partial charge in [-0.25, -0.2) is 0 Å². The smallest absolute Gasteiger partial charge is 0.339 e. The minimum atomic E-state index is -4.29. The van der Waals surface area contributed by atoms with Gasteiger partial charge in [-0.05, 0) is 19.4 Å². The van der Waals surface area contributed by atoms with Gasteiger partial charge in [0, 0.05) is 6.42 Å². The van der Waals surface area contributed by atoms with E-state index in [2.05, 4.69) is 14.7 Å². The summed E-state index contributed by atoms with van der Waals surface area (Å²) in [5.74, 6) is -0.0760. The molecule has 0 atom stereocenters. The van der Waals surface area contributed by atoms with E-state index in [1.807, 2.05) is 0 Å². The maximum atomic E-state index is 11.9. The zero-order valence-electron chi connectivity index (χ0n) is 8.05. The Morgan fingerprint density at radius 1 is 1.27 bits per heavy atom. The average Bonchev–Trinajstić information content (AvgIpc) is 2.50. The number of alkyl halides is 3. The summed E-state index contributed by atoms with van der Waals surface area (Å²) in [4.78, 5) is 3.63. The van der Waals surface area contributed by atoms with Crippen LogP contribution in [0.2, 0.25) is 0 Å². The van der Waals surface area contributed by atoms with Crippen LogP contribution >= 0.6 is 0 Å². The van der Waals surface area contributed by atoms with Crippen LogP contribution in [-0.2, 0) is 12.8 Å². The first kappa shape index (κ1) is 12.0. The van der Waals surface area contributed by atoms with E-state index in [0.29, 0.717) is 13.0 Å². The number of nitrogens with zero attached hydrogens (tertiary/aromatic N) is 2. The highest BCUT2D eigenvalue weighted by Gasteiger charge is 2.30. The third-order valence-corrected chi connectivity index (χ3v) is 1.71. The molecule has 1 aromatic heterocycles. The number of rotatable bonds is 5. The van der Waals surface area contributed by atoms with Gasteiger partial charge in [0.1, 0.15) is 6.42 Å². The highest BCUT2D eigenvalue weighted by Crippen LogP contribution is 2.19. The Hall–Kier alpha value is -1.11. The van der Waals surface area contributed by atoms with Crippen molar-refractivity contribution in [2.75, 3.05) is 6.54 Å². The second-order valence-electron chi connectivity index (χ2n) is 3.14. The van der Waals surface area contributed by atoms with Gasteiger partial charge in [-0.1, -0.05) is 5.16 Å². The summed E-state index contributed by atoms with van der Waals surface area (Å²) >= 11 is 0. The molecule has 0 aliphatic rings. The maximum absolute atomic E-state index is 11.9. The van der Waals surface area contributed by atoms with Crippen LogP contribution in [0.1, 0.15) is 24.6 Å². The highest BCUT2D eigenvalue weighted by atomic mass is 19.4. The molecule has 0 saturated carbocycles. The first-order valence-corrected chi connectivity index (χ1v) is 4.59. The molecule has 2 N–H and O–H groups in total. The third-order valence-electron chi connectivity index (χ3n) is 1.71. The molecular formula is C8H12F3N3O. The molecular weight excluding hydrogens is 211 g/mol. The number of unbranched alkanes of at least 4 members (excludes halogenated alkanes) is 1. The van der Waals surface area contributed by atoms with Crippen LogP contribution in [0, 0.1) is 0 Å². The number of aromatic nitrogens is 2. The van der Waals surface area contributed by atoms with E-state index in [4.69, 9.17) is 5.73 Å². The third kappa shape index (κ3) is 4.78. The van der Waals surface area contributed by atoms with Gasteiger partial charge in [0.25, 0.3) is 0 Å². The molecule has 0 aromatic carbocycles. The molecule has 15 heavy (non-hydrogen) atoms. The van der Waals surface area contributed by atoms with Crippen LogP contribution in [0.4, 0.5) is 13.2 Å². The van der Waals surface area contributed by atoms with E-state index < -0.39 is 12.6 Å². The first-order valence-electron chi connectivity index (χ1n) is 4.59. The average molecular weight is 223 g/mol. The molecule has 0 amide bonds. The molecule has 4 nitrogen and oxygen atoms in total. The molecule has 0 aliphatic heterocycles. The van der Waals surface area contributed by atoms with Gasteiger partial charge < -0.3 is 10.3 Å². The summed E-state index contributed by atoms with van der Waals surface area (Å²) in [7, 11) is 0. The van der Waals surface area contributed by atoms with E-state index >= 15 is 0 Å². The van der Waals surface area contributed by atoms with Crippen molar-refractivity contribution in [2.45, 2.75) is 31.9 Å². The fourth-order valence-electron chi connectivity index (χ4n) is 1.06. The van der Waals surface area contributed by atoms with Gasteiger partial charge in [-0.3, -0.25) is 0 Å². The van der Waals surface area contributed by atoms with E-state index in [1.54, 1.807) is 0 Å². The lowest BCUT2D eigenvalue weighted by molar-refractivity contribution is -0.128. The predicted molar refractivity (Wildman–Crippen MR) is 46.0 cm³/mol. The number of hydrogen-bond donors (Lipinski definition) is 1. The van der Waals surface area contributed by atoms with Crippen molar-refractivity contribution < 1.29 is 17.7 Å². The molecule has 1 aromatic rings. The van der Waals surface area contributed by atoms with Crippen molar-refractivity contribution in [1.82, 2.24) is 10.1 Å². The van der Waals surface area contributed by atoms with E-state index in [0.717, 1.165) is 12.8 Å². The standard InChI is InChI=1S/C8H12F3N3O/c9-8(10,11)5-6-13-7(15-14-6)3-1-2-4-12/h1-5,12H2. The Morgan fingerprint density at radius 2 is 2.00 bits per heavy atom. The zero-order chi connectivity index (χ0) is 11.3. The second kappa shape index (κ2) is 5.11. The van der Waals surface area contributed by atoms with Crippen LogP contribution in [-0.4, -0.2) is 22.9 Å². The van der Waals surface area contributed by atoms with Crippen LogP contribution in [0.25, 0.3) is 0 Å². The quantitative estimate of drug-likeness (QED) is 0.767. The van der Waals surface area contributed by atoms with E-state index in [9.17, 15) is 13.2 Å². The van der Waals surface area contributed by atoms with Gasteiger partial charge >= 0.3 is 6.18 Å². The van der Waals surface area contributed by atoms with Crippen LogP contribution in [0.5, 0.6) is 0 Å². The summed E-state index contributed by atoms with van der Waals surface area (Å²) < 4.78 is 40.4. The molecule has 0 radical (unpaired) electrons. The van der Waals surface area contributed by atoms with Crippen molar-refractivity contribution in [1.29, 1.82) is 0 Å². The largest absolute Gasteiger partial charge is 0.396 e. The van der Waals surface area contributed by atoms with Crippen LogP contribution in [0.15, 0.2) is 4.52 Å². The van der Waals surface area contributed by atoms with Crippen LogP contribution in [0.3, 0.4) is 0 Å². The summed E-state index contributed by atoms with van der Waals surface area (Å²) in [6.45, 7) is 0.545. The minimum Gasteiger partial charge on any atom is -0.339 e. The predicted octanol–water partition coefficient (Wildman–Crippen LogP) is 1.46. The topological polar surface area (TPSA) is 64.9 Å². The molecule has 0 aliphatic carbocycles. The lowest BCUT2D eigenvalue weighted by atomic mass is 10.2. The fraction of sp³-hybridized carbons (Fsp3) is 0.750. The molecule has 7 heteroatoms. The van der Waals surface area contributed by atoms with Gasteiger partial charge in [-0.15, -0.1) is 0 Å². The first-order chi connectivity index (χ1) is 7.01. The lowest BCUT2D eigenvalue weighted by Gasteiger charge is -1.99. The minimum absolute atomic E-state index is 0.239. The normalized spacial score (nSPS) is 12.0. The summed E-state index contributed by atoms with van der Waals surface area (Å²) in [6.07, 6.45) is -3.44. The SMILES string of the molecule is NCCCCc1nc(CC(F)(F)F)no1. The Morgan fingerprint density at radius 3 is 2.60 bits per heavy atom. The summed E-state index contributed by atoms with van der Waals surface area (Å²) in [6, 6.07) is 0. The van der Waals surface area contributed by atoms with Crippen molar-refractivity contribution in [3.05, 3.63) is 11.7 Å². The van der Waals surface area contributed by atoms with Gasteiger partial charge in [-0.2, -0.15) is 18.2 Å². The van der Waals surface area contributed by atoms with Crippen molar-refractivity contribution in [2.24, 2.45) is 5.73 Å². The van der Waals surface area contributed by atoms with Gasteiger partial charge in [0.05, 0.1) is 0 Å². The molecule has 86 valence electrons. The molecule has 0 spiro atoms. The highest BCUT2D eigenvalue weighted by molar-refractivity contribution is 4.88. The van der Waals surface area contributed by atoms with E-state index in [-0.39, 0.29) is 11.7 Å². The Labute approximate surface area is 84.6 Å². The van der Waals surface area contributed by atoms with Gasteiger partial charge in [0.15, 0.2) is 5.82 Å². The second-order valence-corrected chi connectivity index (χ2v) is 3.14. The molecule has 1 rings (SSSR count). The van der Waals surface area contributed by atoms with Crippen molar-refractivity contribution in [3.63, 3.8) is 0 Å². The summed E-state index contributed by atoms with van der Waals surface area (Å²) in [5.41, 5.74) is 5.27. The Balaban J connectivity index is 2.42. The van der Waals surface area contributed by atoms with Crippen LogP contribution < -0.4 is 5.73 Å². The monoisotopic (exact) mass is 223 g/mol. The summed E-state index contributed by atoms with van der Waals surface area (Å²) in [5, 5.41) is 3.24. The molecule has 0 bridgehead atoms. The molecule has 0 fully saturated rings.